The van der Waals surface area contributed by atoms with Gasteiger partial charge in [0.25, 0.3) is 0 Å². The molecule has 0 aliphatic rings. The normalized spacial score (nSPS) is 10.6. The number of benzene rings is 1. The summed E-state index contributed by atoms with van der Waals surface area (Å²) in [6.07, 6.45) is 3.45. The van der Waals surface area contributed by atoms with Gasteiger partial charge in [0.15, 0.2) is 5.78 Å². The molecule has 0 spiro atoms. The fourth-order valence-corrected chi connectivity index (χ4v) is 2.55. The van der Waals surface area contributed by atoms with Gasteiger partial charge in [0.05, 0.1) is 17.5 Å². The number of carbonyl (C=O) groups is 1. The second-order valence-corrected chi connectivity index (χ2v) is 5.08. The van der Waals surface area contributed by atoms with E-state index < -0.39 is 0 Å². The molecule has 1 aromatic carbocycles. The largest absolute Gasteiger partial charge is 0.293 e. The smallest absolute Gasteiger partial charge is 0.176 e. The van der Waals surface area contributed by atoms with Crippen molar-refractivity contribution in [1.82, 2.24) is 9.78 Å². The third-order valence-corrected chi connectivity index (χ3v) is 3.91. The number of hydrogen-bond acceptors (Lipinski definition) is 3. The Morgan fingerprint density at radius 3 is 2.83 bits per heavy atom. The zero-order chi connectivity index (χ0) is 13.0. The van der Waals surface area contributed by atoms with Crippen molar-refractivity contribution in [3.63, 3.8) is 0 Å². The van der Waals surface area contributed by atoms with Gasteiger partial charge < -0.3 is 0 Å². The molecule has 2 rings (SSSR count). The van der Waals surface area contributed by atoms with Gasteiger partial charge >= 0.3 is 0 Å². The summed E-state index contributed by atoms with van der Waals surface area (Å²) in [5.41, 5.74) is 1.90. The zero-order valence-corrected chi connectivity index (χ0v) is 11.4. The van der Waals surface area contributed by atoms with E-state index in [9.17, 15) is 4.79 Å². The number of carbonyl (C=O) groups excluding carboxylic acids is 1. The maximum atomic E-state index is 12.0. The average Bonchev–Trinajstić information content (AvgIpc) is 2.86. The van der Waals surface area contributed by atoms with Gasteiger partial charge in [-0.15, -0.1) is 11.8 Å². The van der Waals surface area contributed by atoms with E-state index in [2.05, 4.69) is 18.1 Å². The molecule has 0 N–H and O–H groups in total. The summed E-state index contributed by atoms with van der Waals surface area (Å²) in [4.78, 5) is 13.1. The molecule has 18 heavy (non-hydrogen) atoms. The number of nitrogens with zero attached hydrogens (tertiary/aromatic N) is 2. The Bertz CT molecular complexity index is 548. The van der Waals surface area contributed by atoms with Gasteiger partial charge in [-0.2, -0.15) is 5.10 Å². The van der Waals surface area contributed by atoms with Crippen LogP contribution in [0.1, 0.15) is 22.8 Å². The van der Waals surface area contributed by atoms with E-state index in [0.29, 0.717) is 11.3 Å². The summed E-state index contributed by atoms with van der Waals surface area (Å²) in [6, 6.07) is 8.10. The van der Waals surface area contributed by atoms with Crippen LogP contribution in [-0.2, 0) is 6.54 Å². The van der Waals surface area contributed by atoms with Crippen LogP contribution in [0, 0.1) is 6.92 Å². The maximum absolute atomic E-state index is 12.0. The van der Waals surface area contributed by atoms with Crippen LogP contribution < -0.4 is 0 Å². The highest BCUT2D eigenvalue weighted by atomic mass is 32.2. The van der Waals surface area contributed by atoms with Crippen molar-refractivity contribution in [3.05, 3.63) is 47.8 Å². The molecular formula is C14H16N2OS. The van der Waals surface area contributed by atoms with E-state index in [1.165, 1.54) is 5.56 Å². The number of thioether (sulfide) groups is 1. The minimum Gasteiger partial charge on any atom is -0.293 e. The van der Waals surface area contributed by atoms with E-state index in [1.54, 1.807) is 28.8 Å². The van der Waals surface area contributed by atoms with Gasteiger partial charge in [-0.25, -0.2) is 0 Å². The summed E-state index contributed by atoms with van der Waals surface area (Å²) in [6.45, 7) is 4.85. The lowest BCUT2D eigenvalue weighted by molar-refractivity contribution is 0.102. The molecule has 1 aromatic heterocycles. The van der Waals surface area contributed by atoms with E-state index in [0.717, 1.165) is 11.4 Å². The van der Waals surface area contributed by atoms with Crippen LogP contribution in [0.15, 0.2) is 41.6 Å². The molecule has 0 bridgehead atoms. The summed E-state index contributed by atoms with van der Waals surface area (Å²) in [7, 11) is 0. The Labute approximate surface area is 111 Å². The summed E-state index contributed by atoms with van der Waals surface area (Å²) in [5.74, 6) is 0.586. The molecule has 0 aliphatic carbocycles. The number of rotatable bonds is 5. The number of aromatic nitrogens is 2. The zero-order valence-electron chi connectivity index (χ0n) is 10.6. The van der Waals surface area contributed by atoms with Crippen LogP contribution in [-0.4, -0.2) is 21.3 Å². The van der Waals surface area contributed by atoms with E-state index in [-0.39, 0.29) is 5.78 Å². The Kier molecular flexibility index (Phi) is 4.20. The predicted octanol–water partition coefficient (Wildman–Crippen LogP) is 3.19. The molecule has 0 saturated heterocycles. The first-order valence-electron chi connectivity index (χ1n) is 5.94. The van der Waals surface area contributed by atoms with E-state index in [4.69, 9.17) is 0 Å². The van der Waals surface area contributed by atoms with Crippen LogP contribution in [0.25, 0.3) is 0 Å². The Balaban J connectivity index is 1.98. The van der Waals surface area contributed by atoms with E-state index >= 15 is 0 Å². The summed E-state index contributed by atoms with van der Waals surface area (Å²) in [5, 5.41) is 4.11. The molecule has 3 nitrogen and oxygen atoms in total. The highest BCUT2D eigenvalue weighted by Crippen LogP contribution is 2.22. The van der Waals surface area contributed by atoms with Crippen molar-refractivity contribution in [2.24, 2.45) is 0 Å². The van der Waals surface area contributed by atoms with Crippen LogP contribution in [0.2, 0.25) is 0 Å². The van der Waals surface area contributed by atoms with Gasteiger partial charge in [-0.3, -0.25) is 9.48 Å². The first-order chi connectivity index (χ1) is 8.70. The molecule has 4 heteroatoms. The lowest BCUT2D eigenvalue weighted by Crippen LogP contribution is -2.01. The molecule has 94 valence electrons. The van der Waals surface area contributed by atoms with Gasteiger partial charge in [-0.05, 0) is 25.5 Å². The predicted molar refractivity (Wildman–Crippen MR) is 74.1 cm³/mol. The first-order valence-corrected chi connectivity index (χ1v) is 6.93. The molecule has 2 aromatic rings. The molecule has 0 atom stereocenters. The second-order valence-electron chi connectivity index (χ2n) is 4.06. The van der Waals surface area contributed by atoms with Crippen LogP contribution in [0.5, 0.6) is 0 Å². The summed E-state index contributed by atoms with van der Waals surface area (Å²) >= 11 is 1.58. The molecule has 0 radical (unpaired) electrons. The third kappa shape index (κ3) is 3.01. The van der Waals surface area contributed by atoms with Crippen molar-refractivity contribution in [3.8, 4) is 0 Å². The lowest BCUT2D eigenvalue weighted by Gasteiger charge is -2.03. The Morgan fingerprint density at radius 1 is 1.39 bits per heavy atom. The van der Waals surface area contributed by atoms with Crippen LogP contribution in [0.4, 0.5) is 0 Å². The number of hydrogen-bond donors (Lipinski definition) is 0. The molecule has 0 amide bonds. The van der Waals surface area contributed by atoms with Gasteiger partial charge in [0.1, 0.15) is 0 Å². The summed E-state index contributed by atoms with van der Waals surface area (Å²) < 4.78 is 1.77. The quantitative estimate of drug-likeness (QED) is 0.611. The highest BCUT2D eigenvalue weighted by Gasteiger charge is 2.09. The van der Waals surface area contributed by atoms with Gasteiger partial charge in [0, 0.05) is 17.6 Å². The fraction of sp³-hybridized carbons (Fsp3) is 0.286. The maximum Gasteiger partial charge on any atom is 0.176 e. The van der Waals surface area contributed by atoms with Gasteiger partial charge in [0.2, 0.25) is 0 Å². The Morgan fingerprint density at radius 2 is 2.17 bits per heavy atom. The third-order valence-electron chi connectivity index (χ3n) is 2.73. The first kappa shape index (κ1) is 12.9. The molecule has 0 aliphatic heterocycles. The standard InChI is InChI=1S/C14H16N2OS/c1-3-16-9-12(8-15-16)13(17)10-18-14-7-5-4-6-11(14)2/h4-9H,3,10H2,1-2H3. The minimum absolute atomic E-state index is 0.128. The molecule has 0 fully saturated rings. The van der Waals surface area contributed by atoms with Crippen molar-refractivity contribution >= 4 is 17.5 Å². The SMILES string of the molecule is CCn1cc(C(=O)CSc2ccccc2C)cn1. The number of ketones is 1. The topological polar surface area (TPSA) is 34.9 Å². The van der Waals surface area contributed by atoms with Crippen molar-refractivity contribution in [2.45, 2.75) is 25.3 Å². The fourth-order valence-electron chi connectivity index (χ4n) is 1.63. The lowest BCUT2D eigenvalue weighted by atomic mass is 10.2. The monoisotopic (exact) mass is 260 g/mol. The van der Waals surface area contributed by atoms with E-state index in [1.807, 2.05) is 25.1 Å². The Hall–Kier alpha value is -1.55. The van der Waals surface area contributed by atoms with Crippen molar-refractivity contribution < 1.29 is 4.79 Å². The van der Waals surface area contributed by atoms with Gasteiger partial charge in [-0.1, -0.05) is 18.2 Å². The molecule has 0 saturated carbocycles. The highest BCUT2D eigenvalue weighted by molar-refractivity contribution is 8.00. The average molecular weight is 260 g/mol. The molecule has 1 heterocycles. The number of aryl methyl sites for hydroxylation is 2. The second kappa shape index (κ2) is 5.87. The van der Waals surface area contributed by atoms with Crippen LogP contribution in [0.3, 0.4) is 0 Å². The molecular weight excluding hydrogens is 244 g/mol. The van der Waals surface area contributed by atoms with Crippen LogP contribution >= 0.6 is 11.8 Å². The van der Waals surface area contributed by atoms with Crippen molar-refractivity contribution in [2.75, 3.05) is 5.75 Å². The number of Topliss-reactive ketones (excluding diaryl/α,β-unsaturated/α-hetero) is 1. The molecule has 0 unspecified atom stereocenters. The minimum atomic E-state index is 0.128. The van der Waals surface area contributed by atoms with Crippen molar-refractivity contribution in [1.29, 1.82) is 0 Å².